The quantitative estimate of drug-likeness (QED) is 0.637. The number of carbonyl (C=O) groups is 1. The number of ether oxygens (including phenoxy) is 6. The van der Waals surface area contributed by atoms with Gasteiger partial charge in [0.25, 0.3) is 0 Å². The fraction of sp³-hybridized carbons (Fsp3) is 0.435. The third-order valence-corrected chi connectivity index (χ3v) is 6.34. The molecule has 2 aromatic carbocycles. The average Bonchev–Trinajstić information content (AvgIpc) is 3.04. The zero-order chi connectivity index (χ0) is 23.3. The molecule has 4 rings (SSSR count). The molecule has 0 aromatic heterocycles. The Kier molecular flexibility index (Phi) is 5.34. The minimum absolute atomic E-state index is 0.00808. The number of cyclic esters (lactones) is 1. The highest BCUT2D eigenvalue weighted by Crippen LogP contribution is 2.55. The van der Waals surface area contributed by atoms with Crippen molar-refractivity contribution in [3.63, 3.8) is 0 Å². The molecule has 1 aliphatic carbocycles. The van der Waals surface area contributed by atoms with Crippen LogP contribution in [-0.2, 0) is 16.0 Å². The standard InChI is InChI=1S/C23H26O9/c1-27-15-8-13-10-22(25)11-32-21(24)23(22,26)19(14(13)9-16(15)28-2)12-6-17(29-3)20(31-5)18(7-12)30-4/h6-9,19,25-26H,10-11H2,1-5H3/t19-,22+,23+/m0/s1. The Bertz CT molecular complexity index is 1040. The van der Waals surface area contributed by atoms with Crippen molar-refractivity contribution < 1.29 is 43.4 Å². The predicted molar refractivity (Wildman–Crippen MR) is 112 cm³/mol. The van der Waals surface area contributed by atoms with Gasteiger partial charge in [-0.3, -0.25) is 0 Å². The maximum atomic E-state index is 12.9. The van der Waals surface area contributed by atoms with E-state index in [9.17, 15) is 15.0 Å². The zero-order valence-corrected chi connectivity index (χ0v) is 18.6. The monoisotopic (exact) mass is 446 g/mol. The molecule has 0 bridgehead atoms. The van der Waals surface area contributed by atoms with E-state index in [1.165, 1.54) is 35.5 Å². The summed E-state index contributed by atoms with van der Waals surface area (Å²) in [5.41, 5.74) is -2.35. The summed E-state index contributed by atoms with van der Waals surface area (Å²) in [5.74, 6) is 0.0106. The molecule has 3 atom stereocenters. The van der Waals surface area contributed by atoms with Crippen LogP contribution in [0, 0.1) is 0 Å². The highest BCUT2D eigenvalue weighted by Gasteiger charge is 2.68. The minimum Gasteiger partial charge on any atom is -0.493 e. The molecule has 0 spiro atoms. The van der Waals surface area contributed by atoms with Crippen molar-refractivity contribution in [2.75, 3.05) is 42.2 Å². The topological polar surface area (TPSA) is 113 Å². The Hall–Kier alpha value is -3.17. The van der Waals surface area contributed by atoms with Crippen LogP contribution in [-0.4, -0.2) is 69.5 Å². The van der Waals surface area contributed by atoms with Crippen LogP contribution < -0.4 is 23.7 Å². The van der Waals surface area contributed by atoms with Gasteiger partial charge in [-0.1, -0.05) is 0 Å². The summed E-state index contributed by atoms with van der Waals surface area (Å²) in [4.78, 5) is 12.9. The highest BCUT2D eigenvalue weighted by molar-refractivity contribution is 5.87. The van der Waals surface area contributed by atoms with Crippen LogP contribution in [0.25, 0.3) is 0 Å². The minimum atomic E-state index is -2.25. The number of esters is 1. The van der Waals surface area contributed by atoms with Crippen LogP contribution in [0.1, 0.15) is 22.6 Å². The third kappa shape index (κ3) is 2.88. The Balaban J connectivity index is 2.04. The third-order valence-electron chi connectivity index (χ3n) is 6.34. The lowest BCUT2D eigenvalue weighted by Crippen LogP contribution is -2.62. The molecular weight excluding hydrogens is 420 g/mol. The smallest absolute Gasteiger partial charge is 0.342 e. The highest BCUT2D eigenvalue weighted by atomic mass is 16.6. The molecule has 1 fully saturated rings. The fourth-order valence-electron chi connectivity index (χ4n) is 4.75. The summed E-state index contributed by atoms with van der Waals surface area (Å²) in [6.07, 6.45) is -0.00808. The Labute approximate surface area is 185 Å². The second-order valence-corrected chi connectivity index (χ2v) is 7.85. The van der Waals surface area contributed by atoms with Gasteiger partial charge in [0, 0.05) is 6.42 Å². The van der Waals surface area contributed by atoms with Gasteiger partial charge in [0.15, 0.2) is 23.0 Å². The molecule has 1 aliphatic heterocycles. The summed E-state index contributed by atoms with van der Waals surface area (Å²) >= 11 is 0. The van der Waals surface area contributed by atoms with Gasteiger partial charge in [-0.05, 0) is 41.0 Å². The summed E-state index contributed by atoms with van der Waals surface area (Å²) in [6.45, 7) is -0.336. The lowest BCUT2D eigenvalue weighted by Gasteiger charge is -2.45. The zero-order valence-electron chi connectivity index (χ0n) is 18.6. The largest absolute Gasteiger partial charge is 0.493 e. The van der Waals surface area contributed by atoms with Gasteiger partial charge in [0.2, 0.25) is 11.4 Å². The number of carbonyl (C=O) groups excluding carboxylic acids is 1. The molecule has 2 aliphatic rings. The first-order valence-electron chi connectivity index (χ1n) is 9.94. The van der Waals surface area contributed by atoms with Gasteiger partial charge in [0.05, 0.1) is 41.5 Å². The van der Waals surface area contributed by atoms with Crippen LogP contribution >= 0.6 is 0 Å². The van der Waals surface area contributed by atoms with Crippen LogP contribution in [0.2, 0.25) is 0 Å². The number of methoxy groups -OCH3 is 5. The lowest BCUT2D eigenvalue weighted by molar-refractivity contribution is -0.168. The van der Waals surface area contributed by atoms with Gasteiger partial charge >= 0.3 is 5.97 Å². The van der Waals surface area contributed by atoms with E-state index in [1.54, 1.807) is 24.3 Å². The molecule has 0 unspecified atom stereocenters. The summed E-state index contributed by atoms with van der Waals surface area (Å²) in [6, 6.07) is 6.72. The van der Waals surface area contributed by atoms with Crippen LogP contribution in [0.5, 0.6) is 28.7 Å². The summed E-state index contributed by atoms with van der Waals surface area (Å²) in [5, 5.41) is 23.1. The van der Waals surface area contributed by atoms with Gasteiger partial charge in [-0.2, -0.15) is 0 Å². The van der Waals surface area contributed by atoms with E-state index in [0.29, 0.717) is 45.4 Å². The van der Waals surface area contributed by atoms with Crippen molar-refractivity contribution in [1.82, 2.24) is 0 Å². The van der Waals surface area contributed by atoms with Crippen molar-refractivity contribution in [3.8, 4) is 28.7 Å². The van der Waals surface area contributed by atoms with Crippen LogP contribution in [0.4, 0.5) is 0 Å². The fourth-order valence-corrected chi connectivity index (χ4v) is 4.75. The SMILES string of the molecule is COc1cc2c(cc1OC)[C@H](c1cc(OC)c(OC)c(OC)c1)[C@@]1(O)C(=O)OC[C@]1(O)C2. The molecular formula is C23H26O9. The van der Waals surface area contributed by atoms with E-state index in [4.69, 9.17) is 28.4 Å². The molecule has 1 saturated heterocycles. The first-order chi connectivity index (χ1) is 15.3. The van der Waals surface area contributed by atoms with Crippen molar-refractivity contribution >= 4 is 5.97 Å². The molecule has 0 amide bonds. The second-order valence-electron chi connectivity index (χ2n) is 7.85. The van der Waals surface area contributed by atoms with E-state index < -0.39 is 23.1 Å². The maximum Gasteiger partial charge on any atom is 0.342 e. The second kappa shape index (κ2) is 7.75. The molecule has 9 nitrogen and oxygen atoms in total. The molecule has 2 aromatic rings. The Morgan fingerprint density at radius 3 is 1.94 bits per heavy atom. The van der Waals surface area contributed by atoms with Crippen molar-refractivity contribution in [1.29, 1.82) is 0 Å². The number of aliphatic hydroxyl groups is 2. The number of rotatable bonds is 6. The predicted octanol–water partition coefficient (Wildman–Crippen LogP) is 1.44. The van der Waals surface area contributed by atoms with Crippen molar-refractivity contribution in [2.45, 2.75) is 23.5 Å². The Morgan fingerprint density at radius 1 is 0.844 bits per heavy atom. The van der Waals surface area contributed by atoms with Crippen molar-refractivity contribution in [2.24, 2.45) is 0 Å². The normalized spacial score (nSPS) is 26.0. The van der Waals surface area contributed by atoms with E-state index >= 15 is 0 Å². The molecule has 9 heteroatoms. The average molecular weight is 446 g/mol. The number of benzene rings is 2. The first kappa shape index (κ1) is 22.0. The number of fused-ring (bicyclic) bond motifs is 2. The first-order valence-corrected chi connectivity index (χ1v) is 9.94. The van der Waals surface area contributed by atoms with E-state index in [1.807, 2.05) is 0 Å². The molecule has 32 heavy (non-hydrogen) atoms. The van der Waals surface area contributed by atoms with E-state index in [2.05, 4.69) is 0 Å². The van der Waals surface area contributed by atoms with Gasteiger partial charge in [-0.25, -0.2) is 4.79 Å². The Morgan fingerprint density at radius 2 is 1.41 bits per heavy atom. The maximum absolute atomic E-state index is 12.9. The summed E-state index contributed by atoms with van der Waals surface area (Å²) in [7, 11) is 7.43. The van der Waals surface area contributed by atoms with Crippen LogP contribution in [0.3, 0.4) is 0 Å². The molecule has 0 radical (unpaired) electrons. The van der Waals surface area contributed by atoms with Crippen LogP contribution in [0.15, 0.2) is 24.3 Å². The van der Waals surface area contributed by atoms with E-state index in [0.717, 1.165) is 0 Å². The summed E-state index contributed by atoms with van der Waals surface area (Å²) < 4.78 is 32.4. The molecule has 172 valence electrons. The van der Waals surface area contributed by atoms with Gasteiger partial charge < -0.3 is 38.6 Å². The van der Waals surface area contributed by atoms with Crippen molar-refractivity contribution in [3.05, 3.63) is 41.0 Å². The molecule has 0 saturated carbocycles. The van der Waals surface area contributed by atoms with Gasteiger partial charge in [0.1, 0.15) is 12.2 Å². The molecule has 2 N–H and O–H groups in total. The number of hydrogen-bond acceptors (Lipinski definition) is 9. The molecule has 1 heterocycles. The number of hydrogen-bond donors (Lipinski definition) is 2. The lowest BCUT2D eigenvalue weighted by atomic mass is 9.62. The van der Waals surface area contributed by atoms with Gasteiger partial charge in [-0.15, -0.1) is 0 Å². The van der Waals surface area contributed by atoms with E-state index in [-0.39, 0.29) is 13.0 Å².